The van der Waals surface area contributed by atoms with E-state index in [-0.39, 0.29) is 0 Å². The number of rotatable bonds is 5. The molecule has 1 heterocycles. The molecule has 0 aliphatic rings. The van der Waals surface area contributed by atoms with Crippen molar-refractivity contribution in [3.05, 3.63) is 46.7 Å². The van der Waals surface area contributed by atoms with Gasteiger partial charge >= 0.3 is 0 Å². The van der Waals surface area contributed by atoms with Gasteiger partial charge in [0.15, 0.2) is 0 Å². The first-order valence-electron chi connectivity index (χ1n) is 6.38. The zero-order chi connectivity index (χ0) is 14.7. The van der Waals surface area contributed by atoms with Crippen LogP contribution >= 0.6 is 11.6 Å². The van der Waals surface area contributed by atoms with Crippen molar-refractivity contribution in [2.45, 2.75) is 12.6 Å². The normalized spacial score (nSPS) is 12.8. The second-order valence-corrected chi connectivity index (χ2v) is 5.38. The standard InChI is InChI=1S/C14H19ClN4O/c1-18(2)7-8-19-13(12(15)9-17-19)14(20)10-3-5-11(16)6-4-10/h3-6,9,14,20H,7-8,16H2,1-2H3. The van der Waals surface area contributed by atoms with E-state index < -0.39 is 6.10 Å². The van der Waals surface area contributed by atoms with Crippen molar-refractivity contribution in [1.82, 2.24) is 14.7 Å². The maximum atomic E-state index is 10.5. The number of benzene rings is 1. The number of halogens is 1. The van der Waals surface area contributed by atoms with E-state index in [1.165, 1.54) is 0 Å². The molecule has 3 N–H and O–H groups in total. The van der Waals surface area contributed by atoms with Gasteiger partial charge in [-0.1, -0.05) is 23.7 Å². The van der Waals surface area contributed by atoms with Gasteiger partial charge < -0.3 is 15.7 Å². The van der Waals surface area contributed by atoms with Crippen LogP contribution in [-0.2, 0) is 6.54 Å². The third-order valence-electron chi connectivity index (χ3n) is 3.10. The molecule has 0 aliphatic carbocycles. The average Bonchev–Trinajstić information content (AvgIpc) is 2.77. The van der Waals surface area contributed by atoms with E-state index in [0.717, 1.165) is 12.1 Å². The minimum atomic E-state index is -0.812. The summed E-state index contributed by atoms with van der Waals surface area (Å²) in [5, 5.41) is 15.2. The van der Waals surface area contributed by atoms with Gasteiger partial charge in [-0.3, -0.25) is 4.68 Å². The van der Waals surface area contributed by atoms with Crippen molar-refractivity contribution in [1.29, 1.82) is 0 Å². The first-order valence-corrected chi connectivity index (χ1v) is 6.76. The molecule has 20 heavy (non-hydrogen) atoms. The summed E-state index contributed by atoms with van der Waals surface area (Å²) < 4.78 is 1.74. The zero-order valence-electron chi connectivity index (χ0n) is 11.6. The van der Waals surface area contributed by atoms with Crippen LogP contribution in [-0.4, -0.2) is 40.4 Å². The summed E-state index contributed by atoms with van der Waals surface area (Å²) >= 11 is 6.15. The van der Waals surface area contributed by atoms with Crippen molar-refractivity contribution in [2.24, 2.45) is 0 Å². The minimum absolute atomic E-state index is 0.466. The number of aliphatic hydroxyl groups excluding tert-OH is 1. The third-order valence-corrected chi connectivity index (χ3v) is 3.39. The van der Waals surface area contributed by atoms with E-state index in [1.54, 1.807) is 35.1 Å². The summed E-state index contributed by atoms with van der Waals surface area (Å²) in [6.45, 7) is 1.49. The van der Waals surface area contributed by atoms with Crippen molar-refractivity contribution < 1.29 is 5.11 Å². The highest BCUT2D eigenvalue weighted by Gasteiger charge is 2.19. The van der Waals surface area contributed by atoms with E-state index >= 15 is 0 Å². The Labute approximate surface area is 123 Å². The molecule has 1 aromatic carbocycles. The van der Waals surface area contributed by atoms with Crippen LogP contribution in [0.25, 0.3) is 0 Å². The minimum Gasteiger partial charge on any atom is -0.399 e. The van der Waals surface area contributed by atoms with Crippen LogP contribution in [0.5, 0.6) is 0 Å². The quantitative estimate of drug-likeness (QED) is 0.825. The van der Waals surface area contributed by atoms with Gasteiger partial charge in [-0.15, -0.1) is 0 Å². The molecule has 1 aromatic heterocycles. The maximum absolute atomic E-state index is 10.5. The molecular weight excluding hydrogens is 276 g/mol. The number of anilines is 1. The molecule has 2 aromatic rings. The summed E-state index contributed by atoms with van der Waals surface area (Å²) in [5.74, 6) is 0. The molecule has 1 unspecified atom stereocenters. The van der Waals surface area contributed by atoms with Crippen molar-refractivity contribution in [2.75, 3.05) is 26.4 Å². The molecule has 0 fully saturated rings. The molecule has 0 amide bonds. The topological polar surface area (TPSA) is 67.3 Å². The van der Waals surface area contributed by atoms with Crippen LogP contribution in [0.15, 0.2) is 30.5 Å². The van der Waals surface area contributed by atoms with Gasteiger partial charge in [0.05, 0.1) is 23.5 Å². The fourth-order valence-corrected chi connectivity index (χ4v) is 2.20. The van der Waals surface area contributed by atoms with Gasteiger partial charge in [-0.25, -0.2) is 0 Å². The smallest absolute Gasteiger partial charge is 0.122 e. The van der Waals surface area contributed by atoms with Crippen molar-refractivity contribution >= 4 is 17.3 Å². The Bertz CT molecular complexity index is 565. The molecule has 0 saturated heterocycles. The highest BCUT2D eigenvalue weighted by molar-refractivity contribution is 6.31. The highest BCUT2D eigenvalue weighted by Crippen LogP contribution is 2.28. The van der Waals surface area contributed by atoms with Gasteiger partial charge in [-0.2, -0.15) is 5.10 Å². The number of hydrogen-bond donors (Lipinski definition) is 2. The molecule has 0 radical (unpaired) electrons. The monoisotopic (exact) mass is 294 g/mol. The molecule has 108 valence electrons. The summed E-state index contributed by atoms with van der Waals surface area (Å²) in [7, 11) is 3.97. The van der Waals surface area contributed by atoms with Crippen molar-refractivity contribution in [3.8, 4) is 0 Å². The molecule has 1 atom stereocenters. The van der Waals surface area contributed by atoms with Gasteiger partial charge in [0.2, 0.25) is 0 Å². The SMILES string of the molecule is CN(C)CCn1ncc(Cl)c1C(O)c1ccc(N)cc1. The van der Waals surface area contributed by atoms with Gasteiger partial charge in [-0.05, 0) is 31.8 Å². The number of aromatic nitrogens is 2. The van der Waals surface area contributed by atoms with Gasteiger partial charge in [0.25, 0.3) is 0 Å². The Morgan fingerprint density at radius 2 is 2.00 bits per heavy atom. The lowest BCUT2D eigenvalue weighted by atomic mass is 10.1. The number of nitrogen functional groups attached to an aromatic ring is 1. The van der Waals surface area contributed by atoms with E-state index in [2.05, 4.69) is 10.00 Å². The van der Waals surface area contributed by atoms with Gasteiger partial charge in [0, 0.05) is 12.2 Å². The highest BCUT2D eigenvalue weighted by atomic mass is 35.5. The van der Waals surface area contributed by atoms with Gasteiger partial charge in [0.1, 0.15) is 6.10 Å². The van der Waals surface area contributed by atoms with E-state index in [0.29, 0.717) is 22.9 Å². The molecule has 6 heteroatoms. The average molecular weight is 295 g/mol. The Morgan fingerprint density at radius 3 is 2.60 bits per heavy atom. The number of nitrogens with zero attached hydrogens (tertiary/aromatic N) is 3. The predicted molar refractivity (Wildman–Crippen MR) is 80.7 cm³/mol. The van der Waals surface area contributed by atoms with Crippen LogP contribution in [0.4, 0.5) is 5.69 Å². The number of likely N-dealkylation sites (N-methyl/N-ethyl adjacent to an activating group) is 1. The maximum Gasteiger partial charge on any atom is 0.122 e. The van der Waals surface area contributed by atoms with E-state index in [4.69, 9.17) is 17.3 Å². The molecular formula is C14H19ClN4O. The van der Waals surface area contributed by atoms with E-state index in [9.17, 15) is 5.11 Å². The second kappa shape index (κ2) is 6.26. The second-order valence-electron chi connectivity index (χ2n) is 4.97. The van der Waals surface area contributed by atoms with Crippen LogP contribution in [0.3, 0.4) is 0 Å². The first-order chi connectivity index (χ1) is 9.49. The Hall–Kier alpha value is -1.56. The molecule has 5 nitrogen and oxygen atoms in total. The van der Waals surface area contributed by atoms with Crippen LogP contribution in [0, 0.1) is 0 Å². The molecule has 0 saturated carbocycles. The van der Waals surface area contributed by atoms with Crippen LogP contribution < -0.4 is 5.73 Å². The lowest BCUT2D eigenvalue weighted by Gasteiger charge is -2.16. The molecule has 0 spiro atoms. The molecule has 2 rings (SSSR count). The predicted octanol–water partition coefficient (Wildman–Crippen LogP) is 1.76. The largest absolute Gasteiger partial charge is 0.399 e. The molecule has 0 aliphatic heterocycles. The Balaban J connectivity index is 2.26. The number of aliphatic hydroxyl groups is 1. The summed E-state index contributed by atoms with van der Waals surface area (Å²) in [5.41, 5.74) is 7.67. The fourth-order valence-electron chi connectivity index (χ4n) is 1.95. The fraction of sp³-hybridized carbons (Fsp3) is 0.357. The first kappa shape index (κ1) is 14.8. The number of hydrogen-bond acceptors (Lipinski definition) is 4. The Morgan fingerprint density at radius 1 is 1.35 bits per heavy atom. The van der Waals surface area contributed by atoms with Crippen LogP contribution in [0.2, 0.25) is 5.02 Å². The Kier molecular flexibility index (Phi) is 4.65. The van der Waals surface area contributed by atoms with Crippen molar-refractivity contribution in [3.63, 3.8) is 0 Å². The lowest BCUT2D eigenvalue weighted by Crippen LogP contribution is -2.21. The number of nitrogens with two attached hydrogens (primary N) is 1. The molecule has 0 bridgehead atoms. The summed E-state index contributed by atoms with van der Waals surface area (Å²) in [4.78, 5) is 2.05. The summed E-state index contributed by atoms with van der Waals surface area (Å²) in [6.07, 6.45) is 0.750. The van der Waals surface area contributed by atoms with Crippen LogP contribution in [0.1, 0.15) is 17.4 Å². The zero-order valence-corrected chi connectivity index (χ0v) is 12.4. The lowest BCUT2D eigenvalue weighted by molar-refractivity contribution is 0.205. The van der Waals surface area contributed by atoms with E-state index in [1.807, 2.05) is 14.1 Å². The third kappa shape index (κ3) is 3.30. The summed E-state index contributed by atoms with van der Waals surface area (Å²) in [6, 6.07) is 7.10.